The lowest BCUT2D eigenvalue weighted by Crippen LogP contribution is -2.40. The Morgan fingerprint density at radius 1 is 0.957 bits per heavy atom. The molecule has 242 valence electrons. The molecule has 0 fully saturated rings. The van der Waals surface area contributed by atoms with E-state index in [1.807, 2.05) is 60.0 Å². The highest BCUT2D eigenvalue weighted by molar-refractivity contribution is 5.93. The maximum atomic E-state index is 13.7. The Morgan fingerprint density at radius 3 is 2.66 bits per heavy atom. The minimum Gasteiger partial charge on any atom is -0.494 e. The number of ether oxygens (including phenoxy) is 2. The first-order chi connectivity index (χ1) is 22.9. The molecule has 1 atom stereocenters. The van der Waals surface area contributed by atoms with Crippen molar-refractivity contribution < 1.29 is 23.6 Å². The van der Waals surface area contributed by atoms with Crippen LogP contribution < -0.4 is 9.47 Å². The fourth-order valence-corrected chi connectivity index (χ4v) is 6.65. The van der Waals surface area contributed by atoms with Crippen LogP contribution in [0.2, 0.25) is 0 Å². The van der Waals surface area contributed by atoms with Gasteiger partial charge in [0, 0.05) is 37.0 Å². The van der Waals surface area contributed by atoms with Crippen LogP contribution in [0.3, 0.4) is 0 Å². The van der Waals surface area contributed by atoms with Crippen molar-refractivity contribution in [3.05, 3.63) is 100.0 Å². The second-order valence-electron chi connectivity index (χ2n) is 12.1. The molecule has 0 spiro atoms. The Labute approximate surface area is 272 Å². The smallest absolute Gasteiger partial charge is 0.276 e. The Morgan fingerprint density at radius 2 is 1.81 bits per heavy atom. The van der Waals surface area contributed by atoms with Crippen molar-refractivity contribution in [3.63, 3.8) is 0 Å². The third-order valence-corrected chi connectivity index (χ3v) is 9.03. The van der Waals surface area contributed by atoms with Gasteiger partial charge in [0.2, 0.25) is 5.91 Å². The Balaban J connectivity index is 1.12. The molecular weight excluding hydrogens is 598 g/mol. The summed E-state index contributed by atoms with van der Waals surface area (Å²) in [6.45, 7) is 7.99. The molecule has 47 heavy (non-hydrogen) atoms. The van der Waals surface area contributed by atoms with Gasteiger partial charge < -0.3 is 23.8 Å². The van der Waals surface area contributed by atoms with E-state index in [9.17, 15) is 9.59 Å². The Hall–Kier alpha value is -5.26. The van der Waals surface area contributed by atoms with Crippen LogP contribution in [-0.4, -0.2) is 79.2 Å². The third-order valence-electron chi connectivity index (χ3n) is 9.03. The number of fused-ring (bicyclic) bond motifs is 9. The molecule has 3 aromatic heterocycles. The van der Waals surface area contributed by atoms with E-state index in [0.717, 1.165) is 39.4 Å². The number of nitrogens with zero attached hydrogens (tertiary/aromatic N) is 7. The van der Waals surface area contributed by atoms with Crippen LogP contribution in [0.1, 0.15) is 68.8 Å². The largest absolute Gasteiger partial charge is 0.494 e. The molecule has 0 saturated heterocycles. The zero-order valence-corrected chi connectivity index (χ0v) is 26.8. The molecule has 0 radical (unpaired) electrons. The van der Waals surface area contributed by atoms with Crippen LogP contribution in [0.15, 0.2) is 59.4 Å². The lowest BCUT2D eigenvalue weighted by atomic mass is 9.87. The van der Waals surface area contributed by atoms with Crippen molar-refractivity contribution in [1.29, 1.82) is 0 Å². The van der Waals surface area contributed by atoms with Crippen LogP contribution in [0.4, 0.5) is 0 Å². The van der Waals surface area contributed by atoms with Gasteiger partial charge in [-0.25, -0.2) is 9.50 Å². The first-order valence-electron chi connectivity index (χ1n) is 16.0. The molecule has 0 saturated carbocycles. The molecule has 6 bridgehead atoms. The number of rotatable bonds is 4. The van der Waals surface area contributed by atoms with Crippen molar-refractivity contribution >= 4 is 17.6 Å². The summed E-state index contributed by atoms with van der Waals surface area (Å²) in [5, 5.41) is 8.28. The quantitative estimate of drug-likeness (QED) is 0.281. The van der Waals surface area contributed by atoms with E-state index in [-0.39, 0.29) is 17.9 Å². The number of aryl methyl sites for hydroxylation is 3. The summed E-state index contributed by atoms with van der Waals surface area (Å²) in [6, 6.07) is 15.3. The number of hydrogen-bond donors (Lipinski definition) is 0. The minimum absolute atomic E-state index is 0.0505. The van der Waals surface area contributed by atoms with Crippen molar-refractivity contribution in [2.45, 2.75) is 52.5 Å². The maximum absolute atomic E-state index is 13.7. The normalized spacial score (nSPS) is 16.6. The number of benzene rings is 2. The van der Waals surface area contributed by atoms with Gasteiger partial charge in [0.05, 0.1) is 19.2 Å². The standard InChI is InChI=1S/C35H37N7O5/c1-22-18-31(39-47-22)34(44)41-14-12-25-19-28-8-9-30(25)33(41)26-6-4-7-27(20-26)45-16-5-13-40(15-17-46-28)32(43)11-10-29-23(2)38-35-36-21-37-42(35)24(29)3/h4,6-9,18-21,33H,5,10-17H2,1-3H3. The second kappa shape index (κ2) is 12.9. The van der Waals surface area contributed by atoms with E-state index < -0.39 is 0 Å². The number of amides is 2. The van der Waals surface area contributed by atoms with Gasteiger partial charge in [-0.2, -0.15) is 10.1 Å². The van der Waals surface area contributed by atoms with E-state index in [1.165, 1.54) is 6.33 Å². The monoisotopic (exact) mass is 635 g/mol. The van der Waals surface area contributed by atoms with Crippen molar-refractivity contribution in [3.8, 4) is 11.5 Å². The summed E-state index contributed by atoms with van der Waals surface area (Å²) >= 11 is 0. The lowest BCUT2D eigenvalue weighted by Gasteiger charge is -2.37. The highest BCUT2D eigenvalue weighted by Gasteiger charge is 2.34. The molecule has 2 aromatic carbocycles. The van der Waals surface area contributed by atoms with Crippen LogP contribution in [0.25, 0.3) is 5.78 Å². The lowest BCUT2D eigenvalue weighted by molar-refractivity contribution is -0.131. The second-order valence-corrected chi connectivity index (χ2v) is 12.1. The molecule has 1 unspecified atom stereocenters. The molecule has 3 aliphatic rings. The first kappa shape index (κ1) is 30.4. The van der Waals surface area contributed by atoms with Crippen LogP contribution in [0.5, 0.6) is 11.5 Å². The van der Waals surface area contributed by atoms with Gasteiger partial charge in [0.1, 0.15) is 30.2 Å². The summed E-state index contributed by atoms with van der Waals surface area (Å²) in [6.07, 6.45) is 3.71. The van der Waals surface area contributed by atoms with E-state index in [2.05, 4.69) is 26.3 Å². The summed E-state index contributed by atoms with van der Waals surface area (Å²) in [4.78, 5) is 39.7. The number of carbonyl (C=O) groups is 2. The summed E-state index contributed by atoms with van der Waals surface area (Å²) < 4.78 is 19.4. The van der Waals surface area contributed by atoms with Gasteiger partial charge in [-0.3, -0.25) is 9.59 Å². The summed E-state index contributed by atoms with van der Waals surface area (Å²) in [5.74, 6) is 2.48. The van der Waals surface area contributed by atoms with Crippen LogP contribution in [0, 0.1) is 20.8 Å². The fourth-order valence-electron chi connectivity index (χ4n) is 6.65. The molecule has 12 nitrogen and oxygen atoms in total. The Kier molecular flexibility index (Phi) is 8.32. The van der Waals surface area contributed by atoms with Crippen molar-refractivity contribution in [2.75, 3.05) is 32.8 Å². The SMILES string of the molecule is Cc1cc(C(=O)N2CCc3cc4ccc3C2c2cccc(c2)OCCCN(C(=O)CCc2c(C)nc3ncnn3c2C)CCO4)no1. The van der Waals surface area contributed by atoms with Crippen LogP contribution in [-0.2, 0) is 17.6 Å². The average molecular weight is 636 g/mol. The third kappa shape index (κ3) is 6.15. The summed E-state index contributed by atoms with van der Waals surface area (Å²) in [7, 11) is 0. The van der Waals surface area contributed by atoms with Gasteiger partial charge in [-0.1, -0.05) is 23.4 Å². The minimum atomic E-state index is -0.324. The van der Waals surface area contributed by atoms with Gasteiger partial charge in [0.15, 0.2) is 5.69 Å². The molecular formula is C35H37N7O5. The fraction of sp³-hybridized carbons (Fsp3) is 0.371. The maximum Gasteiger partial charge on any atom is 0.276 e. The number of hydrogen-bond acceptors (Lipinski definition) is 9. The predicted octanol–water partition coefficient (Wildman–Crippen LogP) is 4.45. The highest BCUT2D eigenvalue weighted by atomic mass is 16.5. The topological polar surface area (TPSA) is 128 Å². The summed E-state index contributed by atoms with van der Waals surface area (Å²) in [5.41, 5.74) is 6.19. The van der Waals surface area contributed by atoms with E-state index >= 15 is 0 Å². The zero-order chi connectivity index (χ0) is 32.5. The van der Waals surface area contributed by atoms with Gasteiger partial charge in [-0.15, -0.1) is 0 Å². The molecule has 2 amide bonds. The molecule has 0 N–H and O–H groups in total. The molecule has 6 heterocycles. The highest BCUT2D eigenvalue weighted by Crippen LogP contribution is 2.38. The molecule has 5 aromatic rings. The molecule has 8 rings (SSSR count). The van der Waals surface area contributed by atoms with E-state index in [4.69, 9.17) is 14.0 Å². The average Bonchev–Trinajstić information content (AvgIpc) is 3.73. The zero-order valence-electron chi connectivity index (χ0n) is 26.8. The number of carbonyl (C=O) groups excluding carboxylic acids is 2. The van der Waals surface area contributed by atoms with Gasteiger partial charge in [-0.05, 0) is 86.6 Å². The van der Waals surface area contributed by atoms with Crippen molar-refractivity contribution in [1.82, 2.24) is 34.5 Å². The molecule has 0 aliphatic carbocycles. The predicted molar refractivity (Wildman–Crippen MR) is 171 cm³/mol. The van der Waals surface area contributed by atoms with Crippen LogP contribution >= 0.6 is 0 Å². The van der Waals surface area contributed by atoms with Gasteiger partial charge >= 0.3 is 0 Å². The van der Waals surface area contributed by atoms with Crippen molar-refractivity contribution in [2.24, 2.45) is 0 Å². The van der Waals surface area contributed by atoms with E-state index in [0.29, 0.717) is 81.5 Å². The molecule has 12 heteroatoms. The van der Waals surface area contributed by atoms with E-state index in [1.54, 1.807) is 17.5 Å². The van der Waals surface area contributed by atoms with Gasteiger partial charge in [0.25, 0.3) is 11.7 Å². The Bertz CT molecular complexity index is 1950. The first-order valence-corrected chi connectivity index (χ1v) is 16.0. The molecule has 3 aliphatic heterocycles. The number of aromatic nitrogens is 5.